The number of hydrogen-bond acceptors (Lipinski definition) is 6. The molecule has 3 N–H and O–H groups in total. The highest BCUT2D eigenvalue weighted by atomic mass is 32.2. The summed E-state index contributed by atoms with van der Waals surface area (Å²) in [6, 6.07) is 3.68. The maximum absolute atomic E-state index is 11.6. The SMILES string of the molecule is CCOc1cc2nc(SC)n(CC(=O)NN)c2cc1OCC. The van der Waals surface area contributed by atoms with E-state index < -0.39 is 0 Å². The van der Waals surface area contributed by atoms with E-state index in [9.17, 15) is 4.79 Å². The van der Waals surface area contributed by atoms with E-state index in [0.717, 1.165) is 16.2 Å². The van der Waals surface area contributed by atoms with Crippen LogP contribution in [0.3, 0.4) is 0 Å². The van der Waals surface area contributed by atoms with Crippen molar-refractivity contribution in [2.45, 2.75) is 25.5 Å². The number of fused-ring (bicyclic) bond motifs is 1. The highest BCUT2D eigenvalue weighted by molar-refractivity contribution is 7.98. The minimum atomic E-state index is -0.290. The number of amides is 1. The molecule has 0 saturated heterocycles. The number of benzene rings is 1. The molecule has 1 heterocycles. The van der Waals surface area contributed by atoms with Gasteiger partial charge in [-0.05, 0) is 20.1 Å². The van der Waals surface area contributed by atoms with Gasteiger partial charge in [0.1, 0.15) is 6.54 Å². The van der Waals surface area contributed by atoms with E-state index >= 15 is 0 Å². The zero-order chi connectivity index (χ0) is 16.1. The monoisotopic (exact) mass is 324 g/mol. The zero-order valence-electron chi connectivity index (χ0n) is 12.9. The molecule has 0 aliphatic heterocycles. The quantitative estimate of drug-likeness (QED) is 0.347. The number of hydrogen-bond donors (Lipinski definition) is 2. The largest absolute Gasteiger partial charge is 0.490 e. The number of thioether (sulfide) groups is 1. The number of nitrogens with one attached hydrogen (secondary N) is 1. The van der Waals surface area contributed by atoms with Crippen molar-refractivity contribution in [1.29, 1.82) is 0 Å². The number of aromatic nitrogens is 2. The van der Waals surface area contributed by atoms with Crippen LogP contribution in [-0.2, 0) is 11.3 Å². The molecule has 0 unspecified atom stereocenters. The second kappa shape index (κ2) is 7.37. The Bertz CT molecular complexity index is 672. The van der Waals surface area contributed by atoms with E-state index in [4.69, 9.17) is 15.3 Å². The van der Waals surface area contributed by atoms with Gasteiger partial charge in [-0.25, -0.2) is 10.8 Å². The smallest absolute Gasteiger partial charge is 0.253 e. The average Bonchev–Trinajstić information content (AvgIpc) is 2.85. The molecular formula is C14H20N4O3S. The normalized spacial score (nSPS) is 10.7. The molecule has 0 spiro atoms. The van der Waals surface area contributed by atoms with Crippen LogP contribution in [-0.4, -0.2) is 34.9 Å². The lowest BCUT2D eigenvalue weighted by atomic mass is 10.2. The van der Waals surface area contributed by atoms with Gasteiger partial charge in [0, 0.05) is 12.1 Å². The van der Waals surface area contributed by atoms with Crippen LogP contribution in [0.15, 0.2) is 17.3 Å². The van der Waals surface area contributed by atoms with Gasteiger partial charge in [-0.15, -0.1) is 0 Å². The third kappa shape index (κ3) is 3.28. The third-order valence-electron chi connectivity index (χ3n) is 3.02. The number of nitrogens with zero attached hydrogens (tertiary/aromatic N) is 2. The Hall–Kier alpha value is -1.93. The summed E-state index contributed by atoms with van der Waals surface area (Å²) in [6.07, 6.45) is 1.91. The molecule has 0 aliphatic rings. The van der Waals surface area contributed by atoms with E-state index in [2.05, 4.69) is 10.4 Å². The first-order valence-electron chi connectivity index (χ1n) is 6.97. The summed E-state index contributed by atoms with van der Waals surface area (Å²) in [5, 5.41) is 0.731. The Morgan fingerprint density at radius 2 is 1.95 bits per heavy atom. The van der Waals surface area contributed by atoms with Gasteiger partial charge in [-0.2, -0.15) is 0 Å². The van der Waals surface area contributed by atoms with Crippen LogP contribution >= 0.6 is 11.8 Å². The molecule has 1 aromatic carbocycles. The van der Waals surface area contributed by atoms with Gasteiger partial charge in [0.15, 0.2) is 16.7 Å². The van der Waals surface area contributed by atoms with Crippen LogP contribution in [0, 0.1) is 0 Å². The van der Waals surface area contributed by atoms with Gasteiger partial charge in [0.25, 0.3) is 5.91 Å². The van der Waals surface area contributed by atoms with Crippen molar-refractivity contribution >= 4 is 28.7 Å². The van der Waals surface area contributed by atoms with Crippen molar-refractivity contribution < 1.29 is 14.3 Å². The average molecular weight is 324 g/mol. The van der Waals surface area contributed by atoms with Crippen molar-refractivity contribution in [3.63, 3.8) is 0 Å². The number of carbonyl (C=O) groups is 1. The standard InChI is InChI=1S/C14H20N4O3S/c1-4-20-11-6-9-10(7-12(11)21-5-2)18(8-13(19)17-15)14(16-9)22-3/h6-7H,4-5,8,15H2,1-3H3,(H,17,19). The summed E-state index contributed by atoms with van der Waals surface area (Å²) in [5.74, 6) is 6.18. The predicted octanol–water partition coefficient (Wildman–Crippen LogP) is 1.55. The van der Waals surface area contributed by atoms with Crippen LogP contribution < -0.4 is 20.7 Å². The summed E-state index contributed by atoms with van der Waals surface area (Å²) >= 11 is 1.46. The molecule has 0 saturated carbocycles. The fourth-order valence-electron chi connectivity index (χ4n) is 2.15. The molecule has 2 aromatic rings. The number of rotatable bonds is 7. The van der Waals surface area contributed by atoms with Crippen LogP contribution in [0.1, 0.15) is 13.8 Å². The Kier molecular flexibility index (Phi) is 5.51. The second-order valence-corrected chi connectivity index (χ2v) is 5.18. The first-order chi connectivity index (χ1) is 10.6. The summed E-state index contributed by atoms with van der Waals surface area (Å²) < 4.78 is 13.0. The molecule has 1 aromatic heterocycles. The van der Waals surface area contributed by atoms with E-state index in [-0.39, 0.29) is 12.5 Å². The molecule has 7 nitrogen and oxygen atoms in total. The summed E-state index contributed by atoms with van der Waals surface area (Å²) in [5.41, 5.74) is 3.69. The minimum absolute atomic E-state index is 0.0999. The number of nitrogens with two attached hydrogens (primary N) is 1. The Balaban J connectivity index is 2.57. The number of imidazole rings is 1. The molecule has 0 atom stereocenters. The molecule has 0 aliphatic carbocycles. The zero-order valence-corrected chi connectivity index (χ0v) is 13.7. The van der Waals surface area contributed by atoms with E-state index in [0.29, 0.717) is 24.7 Å². The van der Waals surface area contributed by atoms with Gasteiger partial charge in [-0.1, -0.05) is 11.8 Å². The lowest BCUT2D eigenvalue weighted by Gasteiger charge is -2.12. The van der Waals surface area contributed by atoms with E-state index in [1.807, 2.05) is 32.2 Å². The fourth-order valence-corrected chi connectivity index (χ4v) is 2.72. The van der Waals surface area contributed by atoms with Crippen LogP contribution in [0.2, 0.25) is 0 Å². The third-order valence-corrected chi connectivity index (χ3v) is 3.70. The number of ether oxygens (including phenoxy) is 2. The van der Waals surface area contributed by atoms with Gasteiger partial charge < -0.3 is 14.0 Å². The molecule has 22 heavy (non-hydrogen) atoms. The molecule has 1 amide bonds. The second-order valence-electron chi connectivity index (χ2n) is 4.41. The maximum atomic E-state index is 11.6. The summed E-state index contributed by atoms with van der Waals surface area (Å²) in [7, 11) is 0. The summed E-state index contributed by atoms with van der Waals surface area (Å²) in [4.78, 5) is 16.2. The maximum Gasteiger partial charge on any atom is 0.253 e. The van der Waals surface area contributed by atoms with Crippen molar-refractivity contribution in [3.8, 4) is 11.5 Å². The molecule has 120 valence electrons. The topological polar surface area (TPSA) is 91.4 Å². The first-order valence-corrected chi connectivity index (χ1v) is 8.20. The minimum Gasteiger partial charge on any atom is -0.490 e. The van der Waals surface area contributed by atoms with Crippen LogP contribution in [0.5, 0.6) is 11.5 Å². The van der Waals surface area contributed by atoms with Crippen LogP contribution in [0.4, 0.5) is 0 Å². The number of carbonyl (C=O) groups excluding carboxylic acids is 1. The first kappa shape index (κ1) is 16.4. The Morgan fingerprint density at radius 1 is 1.32 bits per heavy atom. The fraction of sp³-hybridized carbons (Fsp3) is 0.429. The molecule has 0 fully saturated rings. The molecule has 0 bridgehead atoms. The van der Waals surface area contributed by atoms with Crippen LogP contribution in [0.25, 0.3) is 11.0 Å². The number of hydrazine groups is 1. The summed E-state index contributed by atoms with van der Waals surface area (Å²) in [6.45, 7) is 4.99. The lowest BCUT2D eigenvalue weighted by molar-refractivity contribution is -0.121. The van der Waals surface area contributed by atoms with E-state index in [1.54, 1.807) is 4.57 Å². The highest BCUT2D eigenvalue weighted by Crippen LogP contribution is 2.34. The highest BCUT2D eigenvalue weighted by Gasteiger charge is 2.16. The molecule has 2 rings (SSSR count). The molecular weight excluding hydrogens is 304 g/mol. The predicted molar refractivity (Wildman–Crippen MR) is 86.2 cm³/mol. The molecule has 8 heteroatoms. The van der Waals surface area contributed by atoms with Gasteiger partial charge in [-0.3, -0.25) is 10.2 Å². The lowest BCUT2D eigenvalue weighted by Crippen LogP contribution is -2.33. The van der Waals surface area contributed by atoms with Crippen molar-refractivity contribution in [2.24, 2.45) is 5.84 Å². The Morgan fingerprint density at radius 3 is 2.50 bits per heavy atom. The van der Waals surface area contributed by atoms with Gasteiger partial charge in [0.2, 0.25) is 0 Å². The Labute approximate surface area is 133 Å². The van der Waals surface area contributed by atoms with Gasteiger partial charge >= 0.3 is 0 Å². The van der Waals surface area contributed by atoms with Crippen molar-refractivity contribution in [1.82, 2.24) is 15.0 Å². The van der Waals surface area contributed by atoms with Gasteiger partial charge in [0.05, 0.1) is 24.2 Å². The molecule has 0 radical (unpaired) electrons. The van der Waals surface area contributed by atoms with Crippen molar-refractivity contribution in [2.75, 3.05) is 19.5 Å². The van der Waals surface area contributed by atoms with E-state index in [1.165, 1.54) is 11.8 Å². The van der Waals surface area contributed by atoms with Crippen molar-refractivity contribution in [3.05, 3.63) is 12.1 Å².